The van der Waals surface area contributed by atoms with Gasteiger partial charge in [0.05, 0.1) is 21.3 Å². The van der Waals surface area contributed by atoms with E-state index in [4.69, 9.17) is 18.9 Å². The van der Waals surface area contributed by atoms with Crippen LogP contribution < -0.4 is 14.2 Å². The predicted octanol–water partition coefficient (Wildman–Crippen LogP) is 3.67. The molecular weight excluding hydrogens is 346 g/mol. The number of hydrogen-bond donors (Lipinski definition) is 0. The summed E-state index contributed by atoms with van der Waals surface area (Å²) >= 11 is 0. The van der Waals surface area contributed by atoms with Crippen molar-refractivity contribution in [3.63, 3.8) is 0 Å². The molecule has 2 aromatic rings. The van der Waals surface area contributed by atoms with Crippen molar-refractivity contribution >= 4 is 17.9 Å². The van der Waals surface area contributed by atoms with Crippen molar-refractivity contribution < 1.29 is 23.7 Å². The Hall–Kier alpha value is -3.28. The molecule has 0 amide bonds. The minimum atomic E-state index is -0.503. The van der Waals surface area contributed by atoms with Gasteiger partial charge in [-0.3, -0.25) is 0 Å². The fourth-order valence-electron chi connectivity index (χ4n) is 2.75. The first-order chi connectivity index (χ1) is 13.0. The standard InChI is InChI=1S/C21H21NO5/c1-12-6-7-15(8-13(12)2)20-22-16(21(23)27-20)9-14-10-17(24-3)19(26-5)18(11-14)25-4/h6-11H,1-5H3/b16-9-. The van der Waals surface area contributed by atoms with Gasteiger partial charge in [0, 0.05) is 5.56 Å². The number of aryl methyl sites for hydroxylation is 2. The molecule has 1 aliphatic rings. The summed E-state index contributed by atoms with van der Waals surface area (Å²) < 4.78 is 21.3. The number of cyclic esters (lactones) is 1. The fraction of sp³-hybridized carbons (Fsp3) is 0.238. The highest BCUT2D eigenvalue weighted by Gasteiger charge is 2.25. The Morgan fingerprint density at radius 3 is 2.15 bits per heavy atom. The minimum Gasteiger partial charge on any atom is -0.493 e. The number of carbonyl (C=O) groups is 1. The molecule has 27 heavy (non-hydrogen) atoms. The number of ether oxygens (including phenoxy) is 4. The Bertz CT molecular complexity index is 934. The molecule has 3 rings (SSSR count). The lowest BCUT2D eigenvalue weighted by Crippen LogP contribution is -2.05. The number of hydrogen-bond acceptors (Lipinski definition) is 6. The molecule has 1 heterocycles. The van der Waals surface area contributed by atoms with E-state index in [1.165, 1.54) is 21.3 Å². The summed E-state index contributed by atoms with van der Waals surface area (Å²) in [6.45, 7) is 4.03. The van der Waals surface area contributed by atoms with Crippen LogP contribution >= 0.6 is 0 Å². The molecule has 0 fully saturated rings. The topological polar surface area (TPSA) is 66.4 Å². The molecule has 0 saturated heterocycles. The van der Waals surface area contributed by atoms with E-state index in [1.54, 1.807) is 18.2 Å². The van der Waals surface area contributed by atoms with Crippen molar-refractivity contribution in [1.29, 1.82) is 0 Å². The summed E-state index contributed by atoms with van der Waals surface area (Å²) in [4.78, 5) is 16.6. The maximum absolute atomic E-state index is 12.3. The summed E-state index contributed by atoms with van der Waals surface area (Å²) in [6, 6.07) is 9.29. The van der Waals surface area contributed by atoms with Gasteiger partial charge < -0.3 is 18.9 Å². The molecule has 0 aromatic heterocycles. The Kier molecular flexibility index (Phi) is 5.16. The smallest absolute Gasteiger partial charge is 0.363 e. The molecule has 140 valence electrons. The van der Waals surface area contributed by atoms with Crippen LogP contribution in [0.2, 0.25) is 0 Å². The summed E-state index contributed by atoms with van der Waals surface area (Å²) in [7, 11) is 4.61. The highest BCUT2D eigenvalue weighted by Crippen LogP contribution is 2.39. The number of carbonyl (C=O) groups excluding carboxylic acids is 1. The van der Waals surface area contributed by atoms with Gasteiger partial charge in [-0.1, -0.05) is 6.07 Å². The largest absolute Gasteiger partial charge is 0.493 e. The lowest BCUT2D eigenvalue weighted by atomic mass is 10.1. The predicted molar refractivity (Wildman–Crippen MR) is 103 cm³/mol. The second-order valence-electron chi connectivity index (χ2n) is 6.09. The van der Waals surface area contributed by atoms with Crippen molar-refractivity contribution in [2.45, 2.75) is 13.8 Å². The van der Waals surface area contributed by atoms with Crippen LogP contribution in [0.1, 0.15) is 22.3 Å². The van der Waals surface area contributed by atoms with Crippen molar-refractivity contribution in [2.24, 2.45) is 4.99 Å². The van der Waals surface area contributed by atoms with E-state index in [1.807, 2.05) is 32.0 Å². The van der Waals surface area contributed by atoms with Gasteiger partial charge in [0.15, 0.2) is 17.2 Å². The zero-order chi connectivity index (χ0) is 19.6. The van der Waals surface area contributed by atoms with Crippen LogP contribution in [-0.4, -0.2) is 33.2 Å². The molecule has 0 saturated carbocycles. The summed E-state index contributed by atoms with van der Waals surface area (Å²) in [5.74, 6) is 1.26. The van der Waals surface area contributed by atoms with E-state index in [2.05, 4.69) is 4.99 Å². The molecule has 0 bridgehead atoms. The first-order valence-electron chi connectivity index (χ1n) is 8.37. The molecular formula is C21H21NO5. The van der Waals surface area contributed by atoms with Gasteiger partial charge in [-0.05, 0) is 60.9 Å². The summed E-state index contributed by atoms with van der Waals surface area (Å²) in [5, 5.41) is 0. The molecule has 0 spiro atoms. The maximum Gasteiger partial charge on any atom is 0.363 e. The van der Waals surface area contributed by atoms with Gasteiger partial charge in [0.25, 0.3) is 0 Å². The number of benzene rings is 2. The minimum absolute atomic E-state index is 0.206. The SMILES string of the molecule is COc1cc(/C=C2\N=C(c3ccc(C)c(C)c3)OC2=O)cc(OC)c1OC. The summed E-state index contributed by atoms with van der Waals surface area (Å²) in [6.07, 6.45) is 1.63. The molecule has 0 radical (unpaired) electrons. The van der Waals surface area contributed by atoms with Crippen LogP contribution in [0, 0.1) is 13.8 Å². The van der Waals surface area contributed by atoms with Gasteiger partial charge in [-0.2, -0.15) is 0 Å². The molecule has 0 atom stereocenters. The molecule has 0 unspecified atom stereocenters. The second kappa shape index (κ2) is 7.53. The summed E-state index contributed by atoms with van der Waals surface area (Å²) in [5.41, 5.74) is 3.92. The lowest BCUT2D eigenvalue weighted by Gasteiger charge is -2.12. The Balaban J connectivity index is 2.00. The van der Waals surface area contributed by atoms with Gasteiger partial charge in [-0.15, -0.1) is 0 Å². The average Bonchev–Trinajstić information content (AvgIpc) is 3.03. The van der Waals surface area contributed by atoms with Crippen molar-refractivity contribution in [2.75, 3.05) is 21.3 Å². The number of nitrogens with zero attached hydrogens (tertiary/aromatic N) is 1. The zero-order valence-electron chi connectivity index (χ0n) is 16.0. The van der Waals surface area contributed by atoms with Gasteiger partial charge in [0.1, 0.15) is 0 Å². The van der Waals surface area contributed by atoms with Crippen LogP contribution in [0.5, 0.6) is 17.2 Å². The Morgan fingerprint density at radius 2 is 1.59 bits per heavy atom. The molecule has 6 nitrogen and oxygen atoms in total. The third kappa shape index (κ3) is 3.65. The van der Waals surface area contributed by atoms with E-state index in [0.717, 1.165) is 16.7 Å². The number of methoxy groups -OCH3 is 3. The van der Waals surface area contributed by atoms with Gasteiger partial charge in [0.2, 0.25) is 11.6 Å². The number of rotatable bonds is 5. The van der Waals surface area contributed by atoms with Crippen molar-refractivity contribution in [1.82, 2.24) is 0 Å². The molecule has 0 N–H and O–H groups in total. The normalized spacial score (nSPS) is 14.8. The monoisotopic (exact) mass is 367 g/mol. The van der Waals surface area contributed by atoms with Crippen molar-refractivity contribution in [3.05, 3.63) is 58.3 Å². The molecule has 2 aromatic carbocycles. The second-order valence-corrected chi connectivity index (χ2v) is 6.09. The third-order valence-electron chi connectivity index (χ3n) is 4.36. The molecule has 0 aliphatic carbocycles. The van der Waals surface area contributed by atoms with Crippen LogP contribution in [0.15, 0.2) is 41.0 Å². The maximum atomic E-state index is 12.3. The van der Waals surface area contributed by atoms with Crippen LogP contribution in [-0.2, 0) is 9.53 Å². The highest BCUT2D eigenvalue weighted by atomic mass is 16.6. The Labute approximate surface area is 158 Å². The molecule has 1 aliphatic heterocycles. The van der Waals surface area contributed by atoms with Crippen LogP contribution in [0.3, 0.4) is 0 Å². The van der Waals surface area contributed by atoms with E-state index in [9.17, 15) is 4.79 Å². The van der Waals surface area contributed by atoms with E-state index in [0.29, 0.717) is 28.7 Å². The quantitative estimate of drug-likeness (QED) is 0.596. The zero-order valence-corrected chi connectivity index (χ0v) is 16.0. The van der Waals surface area contributed by atoms with E-state index < -0.39 is 5.97 Å². The van der Waals surface area contributed by atoms with Gasteiger partial charge >= 0.3 is 5.97 Å². The van der Waals surface area contributed by atoms with E-state index >= 15 is 0 Å². The first kappa shape index (κ1) is 18.5. The number of esters is 1. The third-order valence-corrected chi connectivity index (χ3v) is 4.36. The average molecular weight is 367 g/mol. The Morgan fingerprint density at radius 1 is 0.926 bits per heavy atom. The number of aliphatic imine (C=N–C) groups is 1. The van der Waals surface area contributed by atoms with Crippen molar-refractivity contribution in [3.8, 4) is 17.2 Å². The van der Waals surface area contributed by atoms with Gasteiger partial charge in [-0.25, -0.2) is 9.79 Å². The first-order valence-corrected chi connectivity index (χ1v) is 8.37. The molecule has 6 heteroatoms. The fourth-order valence-corrected chi connectivity index (χ4v) is 2.75. The van der Waals surface area contributed by atoms with E-state index in [-0.39, 0.29) is 5.70 Å². The highest BCUT2D eigenvalue weighted by molar-refractivity contribution is 6.13. The lowest BCUT2D eigenvalue weighted by molar-refractivity contribution is -0.129. The van der Waals surface area contributed by atoms with Crippen LogP contribution in [0.4, 0.5) is 0 Å². The van der Waals surface area contributed by atoms with Crippen LogP contribution in [0.25, 0.3) is 6.08 Å².